The van der Waals surface area contributed by atoms with E-state index in [2.05, 4.69) is 15.6 Å². The Kier molecular flexibility index (Phi) is 5.09. The van der Waals surface area contributed by atoms with Gasteiger partial charge in [-0.1, -0.05) is 0 Å². The molecule has 4 heterocycles. The van der Waals surface area contributed by atoms with Gasteiger partial charge in [-0.3, -0.25) is 4.79 Å². The molecule has 1 aromatic rings. The van der Waals surface area contributed by atoms with Crippen molar-refractivity contribution in [1.29, 1.82) is 0 Å². The monoisotopic (exact) mass is 449 g/mol. The van der Waals surface area contributed by atoms with Gasteiger partial charge in [0.1, 0.15) is 11.7 Å². The number of likely N-dealkylation sites (N-methyl/N-ethyl adjacent to an activating group) is 1. The number of hydrogen-bond acceptors (Lipinski definition) is 6. The molecule has 1 saturated carbocycles. The lowest BCUT2D eigenvalue weighted by Gasteiger charge is -2.42. The van der Waals surface area contributed by atoms with E-state index < -0.39 is 5.92 Å². The summed E-state index contributed by atoms with van der Waals surface area (Å²) in [5.74, 6) is -1.26. The summed E-state index contributed by atoms with van der Waals surface area (Å²) in [6, 6.07) is -0.397. The van der Waals surface area contributed by atoms with Crippen LogP contribution in [0.25, 0.3) is 0 Å². The Morgan fingerprint density at radius 1 is 1.12 bits per heavy atom. The van der Waals surface area contributed by atoms with Gasteiger partial charge in [-0.2, -0.15) is 4.98 Å². The molecule has 0 bridgehead atoms. The highest BCUT2D eigenvalue weighted by molar-refractivity contribution is 6.05. The van der Waals surface area contributed by atoms with E-state index >= 15 is 0 Å². The van der Waals surface area contributed by atoms with Crippen LogP contribution in [-0.4, -0.2) is 77.5 Å². The zero-order valence-corrected chi connectivity index (χ0v) is 18.4. The molecule has 2 fully saturated rings. The Morgan fingerprint density at radius 2 is 1.84 bits per heavy atom. The highest BCUT2D eigenvalue weighted by Gasteiger charge is 2.40. The molecule has 4 aliphatic rings. The second kappa shape index (κ2) is 7.70. The second-order valence-corrected chi connectivity index (χ2v) is 9.35. The molecule has 0 aromatic carbocycles. The van der Waals surface area contributed by atoms with Gasteiger partial charge < -0.3 is 25.3 Å². The number of likely N-dealkylation sites (tertiary alicyclic amines) is 1. The Labute approximate surface area is 185 Å². The number of aromatic nitrogens is 2. The van der Waals surface area contributed by atoms with Crippen LogP contribution in [0, 0.1) is 0 Å². The topological polar surface area (TPSA) is 93.7 Å². The minimum Gasteiger partial charge on any atom is -0.351 e. The number of urea groups is 1. The quantitative estimate of drug-likeness (QED) is 0.733. The molecule has 1 saturated heterocycles. The van der Waals surface area contributed by atoms with Crippen molar-refractivity contribution >= 4 is 29.4 Å². The van der Waals surface area contributed by atoms with Gasteiger partial charge in [0.2, 0.25) is 11.9 Å². The molecule has 11 heteroatoms. The molecular weight excluding hydrogens is 420 g/mol. The molecule has 2 N–H and O–H groups in total. The third-order valence-corrected chi connectivity index (χ3v) is 7.12. The molecule has 9 nitrogen and oxygen atoms in total. The lowest BCUT2D eigenvalue weighted by molar-refractivity contribution is -0.119. The summed E-state index contributed by atoms with van der Waals surface area (Å²) in [5, 5.41) is 6.31. The minimum absolute atomic E-state index is 0.00854. The molecule has 174 valence electrons. The molecule has 3 amide bonds. The Bertz CT molecular complexity index is 927. The van der Waals surface area contributed by atoms with Crippen molar-refractivity contribution in [3.05, 3.63) is 5.69 Å². The molecule has 32 heavy (non-hydrogen) atoms. The first-order valence-electron chi connectivity index (χ1n) is 11.4. The molecule has 0 unspecified atom stereocenters. The van der Waals surface area contributed by atoms with E-state index in [4.69, 9.17) is 4.98 Å². The summed E-state index contributed by atoms with van der Waals surface area (Å²) in [6.45, 7) is 2.76. The number of alkyl halides is 2. The third kappa shape index (κ3) is 3.71. The number of amides is 3. The SMILES string of the molecule is C[C@H]1C(=O)N2CCCc3nc(NC4CC(NC(=O)N5CCC(F)(F)CC5)C4)nc(c32)N1C. The first-order chi connectivity index (χ1) is 15.2. The van der Waals surface area contributed by atoms with Crippen LogP contribution >= 0.6 is 0 Å². The van der Waals surface area contributed by atoms with Crippen molar-refractivity contribution in [3.8, 4) is 0 Å². The van der Waals surface area contributed by atoms with E-state index in [1.807, 2.05) is 23.8 Å². The van der Waals surface area contributed by atoms with Crippen LogP contribution in [0.1, 0.15) is 44.7 Å². The van der Waals surface area contributed by atoms with E-state index in [-0.39, 0.29) is 56.0 Å². The second-order valence-electron chi connectivity index (χ2n) is 9.35. The summed E-state index contributed by atoms with van der Waals surface area (Å²) in [4.78, 5) is 39.6. The summed E-state index contributed by atoms with van der Waals surface area (Å²) in [6.07, 6.45) is 2.59. The first kappa shape index (κ1) is 21.1. The first-order valence-corrected chi connectivity index (χ1v) is 11.4. The highest BCUT2D eigenvalue weighted by Crippen LogP contribution is 2.40. The zero-order chi connectivity index (χ0) is 22.6. The number of halogens is 2. The van der Waals surface area contributed by atoms with Crippen molar-refractivity contribution in [2.75, 3.05) is 41.8 Å². The van der Waals surface area contributed by atoms with Crippen LogP contribution in [-0.2, 0) is 11.2 Å². The average Bonchev–Trinajstić information content (AvgIpc) is 2.74. The maximum Gasteiger partial charge on any atom is 0.317 e. The number of rotatable bonds is 3. The van der Waals surface area contributed by atoms with Crippen LogP contribution in [0.3, 0.4) is 0 Å². The van der Waals surface area contributed by atoms with Crippen molar-refractivity contribution < 1.29 is 18.4 Å². The smallest absolute Gasteiger partial charge is 0.317 e. The van der Waals surface area contributed by atoms with Gasteiger partial charge in [0, 0.05) is 51.6 Å². The normalized spacial score (nSPS) is 28.7. The largest absolute Gasteiger partial charge is 0.351 e. The van der Waals surface area contributed by atoms with Gasteiger partial charge in [-0.05, 0) is 32.6 Å². The van der Waals surface area contributed by atoms with Gasteiger partial charge >= 0.3 is 6.03 Å². The van der Waals surface area contributed by atoms with Gasteiger partial charge in [0.25, 0.3) is 5.92 Å². The Morgan fingerprint density at radius 3 is 2.56 bits per heavy atom. The van der Waals surface area contributed by atoms with E-state index in [0.717, 1.165) is 42.9 Å². The van der Waals surface area contributed by atoms with Crippen LogP contribution < -0.4 is 20.4 Å². The predicted molar refractivity (Wildman–Crippen MR) is 115 cm³/mol. The maximum atomic E-state index is 13.3. The number of aryl methyl sites for hydroxylation is 1. The van der Waals surface area contributed by atoms with E-state index in [9.17, 15) is 18.4 Å². The number of nitrogens with zero attached hydrogens (tertiary/aromatic N) is 5. The molecule has 3 aliphatic heterocycles. The van der Waals surface area contributed by atoms with E-state index in [1.54, 1.807) is 0 Å². The van der Waals surface area contributed by atoms with E-state index in [1.165, 1.54) is 4.90 Å². The summed E-state index contributed by atoms with van der Waals surface area (Å²) in [5.41, 5.74) is 1.72. The van der Waals surface area contributed by atoms with Crippen molar-refractivity contribution in [1.82, 2.24) is 20.2 Å². The number of carbonyl (C=O) groups excluding carboxylic acids is 2. The fraction of sp³-hybridized carbons (Fsp3) is 0.714. The third-order valence-electron chi connectivity index (χ3n) is 7.12. The minimum atomic E-state index is -2.66. The Hall–Kier alpha value is -2.72. The number of nitrogens with one attached hydrogen (secondary N) is 2. The lowest BCUT2D eigenvalue weighted by atomic mass is 9.87. The molecule has 1 aliphatic carbocycles. The molecule has 5 rings (SSSR count). The molecule has 0 spiro atoms. The average molecular weight is 450 g/mol. The van der Waals surface area contributed by atoms with Crippen LogP contribution in [0.2, 0.25) is 0 Å². The summed E-state index contributed by atoms with van der Waals surface area (Å²) in [7, 11) is 1.88. The van der Waals surface area contributed by atoms with Gasteiger partial charge in [0.05, 0.1) is 5.69 Å². The van der Waals surface area contributed by atoms with E-state index in [0.29, 0.717) is 12.5 Å². The van der Waals surface area contributed by atoms with Gasteiger partial charge in [-0.15, -0.1) is 0 Å². The zero-order valence-electron chi connectivity index (χ0n) is 18.4. The standard InChI is InChI=1S/C21H29F2N7O2/c1-12-18(31)30-7-3-4-15-16(30)17(28(12)2)27-19(26-15)24-13-10-14(11-13)25-20(32)29-8-5-21(22,23)6-9-29/h12-14H,3-11H2,1-2H3,(H,25,32)(H,24,26,27)/t12-,13?,14?/m0/s1. The van der Waals surface area contributed by atoms with Crippen molar-refractivity contribution in [3.63, 3.8) is 0 Å². The number of carbonyl (C=O) groups is 2. The number of anilines is 3. The van der Waals surface area contributed by atoms with Crippen LogP contribution in [0.4, 0.5) is 31.0 Å². The predicted octanol–water partition coefficient (Wildman–Crippen LogP) is 1.98. The van der Waals surface area contributed by atoms with Gasteiger partial charge in [-0.25, -0.2) is 18.6 Å². The number of piperidine rings is 1. The van der Waals surface area contributed by atoms with Crippen LogP contribution in [0.15, 0.2) is 0 Å². The maximum absolute atomic E-state index is 13.3. The summed E-state index contributed by atoms with van der Waals surface area (Å²) < 4.78 is 26.6. The highest BCUT2D eigenvalue weighted by atomic mass is 19.3. The number of hydrogen-bond donors (Lipinski definition) is 2. The fourth-order valence-corrected chi connectivity index (χ4v) is 4.90. The molecule has 1 atom stereocenters. The van der Waals surface area contributed by atoms with Gasteiger partial charge in [0.15, 0.2) is 5.82 Å². The molecule has 0 radical (unpaired) electrons. The van der Waals surface area contributed by atoms with Crippen molar-refractivity contribution in [2.24, 2.45) is 0 Å². The summed E-state index contributed by atoms with van der Waals surface area (Å²) >= 11 is 0. The Balaban J connectivity index is 1.19. The van der Waals surface area contributed by atoms with Crippen LogP contribution in [0.5, 0.6) is 0 Å². The fourth-order valence-electron chi connectivity index (χ4n) is 4.90. The molecular formula is C21H29F2N7O2. The van der Waals surface area contributed by atoms with Crippen molar-refractivity contribution in [2.45, 2.75) is 69.5 Å². The lowest BCUT2D eigenvalue weighted by Crippen LogP contribution is -2.55. The molecule has 1 aromatic heterocycles.